The van der Waals surface area contributed by atoms with Gasteiger partial charge in [-0.1, -0.05) is 187 Å². The minimum absolute atomic E-state index is 0.0780. The number of fused-ring (bicyclic) bond motifs is 4. The van der Waals surface area contributed by atoms with Gasteiger partial charge >= 0.3 is 0 Å². The maximum atomic E-state index is 2.60. The molecule has 0 aliphatic carbocycles. The summed E-state index contributed by atoms with van der Waals surface area (Å²) in [4.78, 5) is 5.19. The molecule has 0 saturated heterocycles. The van der Waals surface area contributed by atoms with Gasteiger partial charge in [-0.3, -0.25) is 0 Å². The molecular weight excluding hydrogens is 904 g/mol. The van der Waals surface area contributed by atoms with Crippen LogP contribution in [-0.4, -0.2) is 6.71 Å². The van der Waals surface area contributed by atoms with Gasteiger partial charge in [-0.15, -0.1) is 0 Å². The van der Waals surface area contributed by atoms with Crippen LogP contribution in [0.25, 0.3) is 66.8 Å². The molecule has 0 spiro atoms. The average Bonchev–Trinajstić information content (AvgIpc) is 3.49. The molecule has 2 nitrogen and oxygen atoms in total. The normalized spacial score (nSPS) is 12.3. The lowest BCUT2D eigenvalue weighted by atomic mass is 9.33. The van der Waals surface area contributed by atoms with Crippen molar-refractivity contribution in [2.24, 2.45) is 0 Å². The first-order valence-corrected chi connectivity index (χ1v) is 26.3. The Kier molecular flexibility index (Phi) is 11.3. The lowest BCUT2D eigenvalue weighted by molar-refractivity contribution is 1.25. The standard InChI is InChI=1S/C72H57BN2/c1-46-33-48(3)70(49(4)34-46)56-31-32-67-65(43-56)73-64-29-19-20-30-66(64)74(62-39-57(52-21-11-7-12-22-52)37-58(40-62)53-23-13-8-14-24-53)68-44-61(71-50(5)35-47(2)36-51(71)6)45-69(72(68)73)75(67)63-41-59(54-25-15-9-16-26-54)38-60(42-63)55-27-17-10-18-28-55/h7-45H,1-6H3. The Hall–Kier alpha value is -8.92. The van der Waals surface area contributed by atoms with E-state index >= 15 is 0 Å². The third-order valence-electron chi connectivity index (χ3n) is 15.7. The molecule has 0 N–H and O–H groups in total. The smallest absolute Gasteiger partial charge is 0.252 e. The van der Waals surface area contributed by atoms with E-state index in [0.29, 0.717) is 0 Å². The van der Waals surface area contributed by atoms with Crippen LogP contribution in [0.3, 0.4) is 0 Å². The summed E-state index contributed by atoms with van der Waals surface area (Å²) in [6.07, 6.45) is 0. The molecule has 0 aromatic heterocycles. The number of aryl methyl sites for hydroxylation is 6. The van der Waals surface area contributed by atoms with Crippen LogP contribution < -0.4 is 26.2 Å². The first kappa shape index (κ1) is 45.9. The zero-order chi connectivity index (χ0) is 50.9. The fourth-order valence-electron chi connectivity index (χ4n) is 12.7. The monoisotopic (exact) mass is 960 g/mol. The number of rotatable bonds is 8. The SMILES string of the molecule is Cc1cc(C)c(-c2ccc3c(c2)B2c4ccccc4N(c4cc(-c5ccccc5)cc(-c5ccccc5)c4)c4cc(-c5c(C)cc(C)cc5C)cc(c42)N3c2cc(-c3ccccc3)cc(-c3ccccc3)c2)c(C)c1. The first-order valence-electron chi connectivity index (χ1n) is 26.3. The molecule has 2 heterocycles. The van der Waals surface area contributed by atoms with E-state index in [1.165, 1.54) is 139 Å². The predicted octanol–water partition coefficient (Wildman–Crippen LogP) is 17.6. The number of nitrogens with zero attached hydrogens (tertiary/aromatic N) is 2. The minimum atomic E-state index is -0.0780. The number of anilines is 6. The van der Waals surface area contributed by atoms with Crippen molar-refractivity contribution in [1.82, 2.24) is 0 Å². The summed E-state index contributed by atoms with van der Waals surface area (Å²) in [6.45, 7) is 13.4. The van der Waals surface area contributed by atoms with Crippen molar-refractivity contribution >= 4 is 57.2 Å². The largest absolute Gasteiger partial charge is 0.311 e. The van der Waals surface area contributed by atoms with Crippen LogP contribution in [0, 0.1) is 41.5 Å². The second-order valence-electron chi connectivity index (χ2n) is 20.9. The Morgan fingerprint density at radius 3 is 1.03 bits per heavy atom. The Balaban J connectivity index is 1.17. The quantitative estimate of drug-likeness (QED) is 0.140. The third-order valence-corrected chi connectivity index (χ3v) is 15.7. The van der Waals surface area contributed by atoms with E-state index in [1.54, 1.807) is 0 Å². The topological polar surface area (TPSA) is 6.48 Å². The number of hydrogen-bond donors (Lipinski definition) is 0. The van der Waals surface area contributed by atoms with E-state index in [2.05, 4.69) is 288 Å². The van der Waals surface area contributed by atoms with Crippen molar-refractivity contribution in [3.05, 3.63) is 270 Å². The van der Waals surface area contributed by atoms with E-state index < -0.39 is 0 Å². The molecule has 0 atom stereocenters. The summed E-state index contributed by atoms with van der Waals surface area (Å²) in [7, 11) is 0. The van der Waals surface area contributed by atoms with E-state index in [4.69, 9.17) is 0 Å². The first-order chi connectivity index (χ1) is 36.6. The molecule has 0 radical (unpaired) electrons. The van der Waals surface area contributed by atoms with Gasteiger partial charge in [0, 0.05) is 34.1 Å². The van der Waals surface area contributed by atoms with Crippen LogP contribution in [0.4, 0.5) is 34.1 Å². The van der Waals surface area contributed by atoms with Crippen LogP contribution >= 0.6 is 0 Å². The highest BCUT2D eigenvalue weighted by Crippen LogP contribution is 2.49. The van der Waals surface area contributed by atoms with Crippen molar-refractivity contribution in [3.8, 4) is 66.8 Å². The molecule has 3 heteroatoms. The molecule has 0 fully saturated rings. The van der Waals surface area contributed by atoms with Crippen LogP contribution in [0.5, 0.6) is 0 Å². The summed E-state index contributed by atoms with van der Waals surface area (Å²) >= 11 is 0. The average molecular weight is 961 g/mol. The molecule has 0 saturated carbocycles. The van der Waals surface area contributed by atoms with Crippen LogP contribution in [0.1, 0.15) is 33.4 Å². The van der Waals surface area contributed by atoms with E-state index in [1.807, 2.05) is 0 Å². The lowest BCUT2D eigenvalue weighted by Crippen LogP contribution is -2.61. The summed E-state index contributed by atoms with van der Waals surface area (Å²) in [5, 5.41) is 0. The Bertz CT molecular complexity index is 3830. The fourth-order valence-corrected chi connectivity index (χ4v) is 12.7. The highest BCUT2D eigenvalue weighted by atomic mass is 15.2. The van der Waals surface area contributed by atoms with Crippen molar-refractivity contribution in [2.75, 3.05) is 9.80 Å². The Morgan fingerprint density at radius 2 is 0.613 bits per heavy atom. The van der Waals surface area contributed by atoms with Crippen LogP contribution in [-0.2, 0) is 0 Å². The highest BCUT2D eigenvalue weighted by molar-refractivity contribution is 7.00. The number of benzene rings is 11. The molecule has 11 aromatic carbocycles. The minimum Gasteiger partial charge on any atom is -0.311 e. The Labute approximate surface area is 443 Å². The van der Waals surface area contributed by atoms with Gasteiger partial charge in [0.1, 0.15) is 0 Å². The zero-order valence-corrected chi connectivity index (χ0v) is 43.5. The van der Waals surface area contributed by atoms with Gasteiger partial charge in [0.2, 0.25) is 0 Å². The van der Waals surface area contributed by atoms with E-state index in [-0.39, 0.29) is 6.71 Å². The third kappa shape index (κ3) is 8.08. The summed E-state index contributed by atoms with van der Waals surface area (Å²) in [5.74, 6) is 0. The summed E-state index contributed by atoms with van der Waals surface area (Å²) in [5.41, 5.74) is 32.9. The van der Waals surface area contributed by atoms with Gasteiger partial charge < -0.3 is 9.80 Å². The van der Waals surface area contributed by atoms with Gasteiger partial charge in [-0.25, -0.2) is 0 Å². The lowest BCUT2D eigenvalue weighted by Gasteiger charge is -2.45. The van der Waals surface area contributed by atoms with E-state index in [9.17, 15) is 0 Å². The van der Waals surface area contributed by atoms with E-state index in [0.717, 1.165) is 11.4 Å². The van der Waals surface area contributed by atoms with Crippen molar-refractivity contribution in [1.29, 1.82) is 0 Å². The molecule has 358 valence electrons. The highest BCUT2D eigenvalue weighted by Gasteiger charge is 2.44. The van der Waals surface area contributed by atoms with Gasteiger partial charge in [0.15, 0.2) is 0 Å². The molecule has 0 unspecified atom stereocenters. The van der Waals surface area contributed by atoms with Gasteiger partial charge in [-0.2, -0.15) is 0 Å². The zero-order valence-electron chi connectivity index (χ0n) is 43.5. The van der Waals surface area contributed by atoms with Gasteiger partial charge in [0.05, 0.1) is 0 Å². The second-order valence-corrected chi connectivity index (χ2v) is 20.9. The molecule has 0 amide bonds. The van der Waals surface area contributed by atoms with Crippen molar-refractivity contribution < 1.29 is 0 Å². The van der Waals surface area contributed by atoms with Crippen molar-refractivity contribution in [3.63, 3.8) is 0 Å². The number of hydrogen-bond acceptors (Lipinski definition) is 2. The summed E-state index contributed by atoms with van der Waals surface area (Å²) in [6, 6.07) is 88.8. The summed E-state index contributed by atoms with van der Waals surface area (Å²) < 4.78 is 0. The van der Waals surface area contributed by atoms with Crippen LogP contribution in [0.2, 0.25) is 0 Å². The van der Waals surface area contributed by atoms with Crippen LogP contribution in [0.15, 0.2) is 237 Å². The van der Waals surface area contributed by atoms with Crippen molar-refractivity contribution in [2.45, 2.75) is 41.5 Å². The maximum absolute atomic E-state index is 2.60. The maximum Gasteiger partial charge on any atom is 0.252 e. The molecule has 0 bridgehead atoms. The van der Waals surface area contributed by atoms with Gasteiger partial charge in [0.25, 0.3) is 6.71 Å². The predicted molar refractivity (Wildman–Crippen MR) is 322 cm³/mol. The molecule has 2 aliphatic heterocycles. The van der Waals surface area contributed by atoms with Gasteiger partial charge in [-0.05, 0) is 208 Å². The second kappa shape index (κ2) is 18.5. The fraction of sp³-hybridized carbons (Fsp3) is 0.0833. The molecule has 11 aromatic rings. The molecule has 75 heavy (non-hydrogen) atoms. The number of para-hydroxylation sites is 1. The molecular formula is C72H57BN2. The molecule has 2 aliphatic rings. The molecule has 13 rings (SSSR count). The Morgan fingerprint density at radius 1 is 0.253 bits per heavy atom.